The molecule has 4 rings (SSSR count). The highest BCUT2D eigenvalue weighted by Crippen LogP contribution is 2.29. The molecule has 0 atom stereocenters. The first-order valence-corrected chi connectivity index (χ1v) is 9.00. The second-order valence-electron chi connectivity index (χ2n) is 5.78. The van der Waals surface area contributed by atoms with Crippen LogP contribution in [-0.2, 0) is 11.3 Å². The summed E-state index contributed by atoms with van der Waals surface area (Å²) in [7, 11) is 0. The molecule has 1 amide bonds. The minimum atomic E-state index is -0.248. The van der Waals surface area contributed by atoms with Gasteiger partial charge in [-0.05, 0) is 62.7 Å². The lowest BCUT2D eigenvalue weighted by molar-refractivity contribution is -0.114. The molecule has 2 heterocycles. The topological polar surface area (TPSA) is 85.8 Å². The fourth-order valence-corrected chi connectivity index (χ4v) is 3.43. The van der Waals surface area contributed by atoms with Gasteiger partial charge in [-0.1, -0.05) is 24.3 Å². The summed E-state index contributed by atoms with van der Waals surface area (Å²) in [6, 6.07) is 16.1. The van der Waals surface area contributed by atoms with Gasteiger partial charge in [-0.25, -0.2) is 9.61 Å². The number of halogens is 1. The fourth-order valence-electron chi connectivity index (χ4n) is 2.82. The van der Waals surface area contributed by atoms with Crippen LogP contribution in [0.1, 0.15) is 12.5 Å². The molecule has 0 aliphatic carbocycles. The number of carbonyl (C=O) groups is 1. The van der Waals surface area contributed by atoms with Gasteiger partial charge < -0.3 is 9.88 Å². The van der Waals surface area contributed by atoms with Gasteiger partial charge in [-0.3, -0.25) is 4.79 Å². The van der Waals surface area contributed by atoms with E-state index in [4.69, 9.17) is 4.63 Å². The summed E-state index contributed by atoms with van der Waals surface area (Å²) in [6.45, 7) is 2.02. The van der Waals surface area contributed by atoms with Gasteiger partial charge in [0.2, 0.25) is 11.7 Å². The second-order valence-corrected chi connectivity index (χ2v) is 7.03. The highest BCUT2D eigenvalue weighted by molar-refractivity contribution is 14.1. The minimum absolute atomic E-state index is 0.248. The van der Waals surface area contributed by atoms with Crippen molar-refractivity contribution in [1.82, 2.24) is 19.9 Å². The molecule has 1 N–H and O–H groups in total. The van der Waals surface area contributed by atoms with E-state index >= 15 is 0 Å². The van der Waals surface area contributed by atoms with Gasteiger partial charge in [0.1, 0.15) is 0 Å². The van der Waals surface area contributed by atoms with Crippen LogP contribution in [0, 0.1) is 3.57 Å². The average Bonchev–Trinajstić information content (AvgIpc) is 3.19. The SMILES string of the molecule is CC(=O)Nc1nonc1-c1nc2ccccc2n1Cc1cccc(I)c1. The molecule has 0 unspecified atom stereocenters. The molecule has 26 heavy (non-hydrogen) atoms. The predicted octanol–water partition coefficient (Wildman–Crippen LogP) is 3.70. The zero-order valence-corrected chi connectivity index (χ0v) is 16.0. The van der Waals surface area contributed by atoms with Crippen molar-refractivity contribution in [1.29, 1.82) is 0 Å². The van der Waals surface area contributed by atoms with Crippen LogP contribution in [0.2, 0.25) is 0 Å². The summed E-state index contributed by atoms with van der Waals surface area (Å²) >= 11 is 2.29. The number of anilines is 1. The Balaban J connectivity index is 1.87. The Morgan fingerprint density at radius 2 is 2.04 bits per heavy atom. The van der Waals surface area contributed by atoms with Crippen LogP contribution in [-0.4, -0.2) is 25.8 Å². The molecule has 0 saturated heterocycles. The number of imidazole rings is 1. The Kier molecular flexibility index (Phi) is 4.41. The van der Waals surface area contributed by atoms with E-state index in [-0.39, 0.29) is 11.7 Å². The first-order chi connectivity index (χ1) is 12.6. The maximum absolute atomic E-state index is 11.4. The summed E-state index contributed by atoms with van der Waals surface area (Å²) in [6.07, 6.45) is 0. The number of carbonyl (C=O) groups excluding carboxylic acids is 1. The van der Waals surface area contributed by atoms with Crippen molar-refractivity contribution in [3.05, 3.63) is 57.7 Å². The van der Waals surface area contributed by atoms with Crippen LogP contribution in [0.3, 0.4) is 0 Å². The lowest BCUT2D eigenvalue weighted by atomic mass is 10.2. The van der Waals surface area contributed by atoms with Gasteiger partial charge in [0, 0.05) is 17.0 Å². The summed E-state index contributed by atoms with van der Waals surface area (Å²) in [5.41, 5.74) is 3.35. The van der Waals surface area contributed by atoms with Crippen molar-refractivity contribution in [2.75, 3.05) is 5.32 Å². The van der Waals surface area contributed by atoms with Crippen molar-refractivity contribution >= 4 is 45.3 Å². The zero-order chi connectivity index (χ0) is 18.1. The normalized spacial score (nSPS) is 11.0. The standard InChI is InChI=1S/C18H14IN5O2/c1-11(25)20-17-16(22-26-23-17)18-21-14-7-2-3-8-15(14)24(18)10-12-5-4-6-13(19)9-12/h2-9H,10H2,1H3,(H,20,23,25). The molecular formula is C18H14IN5O2. The highest BCUT2D eigenvalue weighted by atomic mass is 127. The number of hydrogen-bond acceptors (Lipinski definition) is 5. The van der Waals surface area contributed by atoms with Gasteiger partial charge >= 0.3 is 0 Å². The molecule has 0 aliphatic heterocycles. The number of aromatic nitrogens is 4. The summed E-state index contributed by atoms with van der Waals surface area (Å²) in [5.74, 6) is 0.606. The second kappa shape index (κ2) is 6.87. The highest BCUT2D eigenvalue weighted by Gasteiger charge is 2.21. The van der Waals surface area contributed by atoms with Crippen LogP contribution >= 0.6 is 22.6 Å². The van der Waals surface area contributed by atoms with E-state index in [1.54, 1.807) is 0 Å². The van der Waals surface area contributed by atoms with Gasteiger partial charge in [0.05, 0.1) is 11.0 Å². The van der Waals surface area contributed by atoms with Crippen molar-refractivity contribution in [2.45, 2.75) is 13.5 Å². The number of para-hydroxylation sites is 2. The summed E-state index contributed by atoms with van der Waals surface area (Å²) in [4.78, 5) is 16.1. The maximum Gasteiger partial charge on any atom is 0.222 e. The molecule has 0 radical (unpaired) electrons. The minimum Gasteiger partial charge on any atom is -0.318 e. The van der Waals surface area contributed by atoms with E-state index in [0.717, 1.165) is 20.2 Å². The first-order valence-electron chi connectivity index (χ1n) is 7.92. The van der Waals surface area contributed by atoms with E-state index in [0.29, 0.717) is 18.1 Å². The molecule has 2 aromatic carbocycles. The number of rotatable bonds is 4. The van der Waals surface area contributed by atoms with E-state index in [1.807, 2.05) is 41.0 Å². The quantitative estimate of drug-likeness (QED) is 0.471. The van der Waals surface area contributed by atoms with Crippen LogP contribution in [0.15, 0.2) is 53.2 Å². The maximum atomic E-state index is 11.4. The summed E-state index contributed by atoms with van der Waals surface area (Å²) in [5, 5.41) is 10.4. The zero-order valence-electron chi connectivity index (χ0n) is 13.8. The van der Waals surface area contributed by atoms with Gasteiger partial charge in [-0.15, -0.1) is 0 Å². The Hall–Kier alpha value is -2.75. The summed E-state index contributed by atoms with van der Waals surface area (Å²) < 4.78 is 8.06. The van der Waals surface area contributed by atoms with Crippen molar-refractivity contribution < 1.29 is 9.42 Å². The van der Waals surface area contributed by atoms with Gasteiger partial charge in [0.15, 0.2) is 11.5 Å². The van der Waals surface area contributed by atoms with E-state index in [9.17, 15) is 4.79 Å². The van der Waals surface area contributed by atoms with Crippen molar-refractivity contribution in [2.24, 2.45) is 0 Å². The largest absolute Gasteiger partial charge is 0.318 e. The average molecular weight is 459 g/mol. The van der Waals surface area contributed by atoms with E-state index in [1.165, 1.54) is 6.92 Å². The monoisotopic (exact) mass is 459 g/mol. The Morgan fingerprint density at radius 3 is 2.85 bits per heavy atom. The molecular weight excluding hydrogens is 445 g/mol. The Morgan fingerprint density at radius 1 is 1.19 bits per heavy atom. The van der Waals surface area contributed by atoms with E-state index < -0.39 is 0 Å². The molecule has 0 aliphatic rings. The third kappa shape index (κ3) is 3.19. The third-order valence-corrected chi connectivity index (χ3v) is 4.55. The molecule has 8 heteroatoms. The number of nitrogens with one attached hydrogen (secondary N) is 1. The lowest BCUT2D eigenvalue weighted by Crippen LogP contribution is -2.09. The number of nitrogens with zero attached hydrogens (tertiary/aromatic N) is 4. The van der Waals surface area contributed by atoms with E-state index in [2.05, 4.69) is 55.3 Å². The Labute approximate surface area is 162 Å². The fraction of sp³-hybridized carbons (Fsp3) is 0.111. The third-order valence-electron chi connectivity index (χ3n) is 3.88. The van der Waals surface area contributed by atoms with Crippen LogP contribution in [0.5, 0.6) is 0 Å². The lowest BCUT2D eigenvalue weighted by Gasteiger charge is -2.09. The first kappa shape index (κ1) is 16.7. The number of benzene rings is 2. The Bertz CT molecular complexity index is 1100. The number of fused-ring (bicyclic) bond motifs is 1. The molecule has 2 aromatic heterocycles. The molecule has 0 bridgehead atoms. The van der Waals surface area contributed by atoms with Gasteiger partial charge in [0.25, 0.3) is 0 Å². The van der Waals surface area contributed by atoms with Gasteiger partial charge in [-0.2, -0.15) is 0 Å². The smallest absolute Gasteiger partial charge is 0.222 e. The molecule has 130 valence electrons. The molecule has 7 nitrogen and oxygen atoms in total. The van der Waals surface area contributed by atoms with Crippen LogP contribution < -0.4 is 5.32 Å². The number of hydrogen-bond donors (Lipinski definition) is 1. The predicted molar refractivity (Wildman–Crippen MR) is 106 cm³/mol. The molecule has 0 spiro atoms. The molecule has 0 fully saturated rings. The van der Waals surface area contributed by atoms with Crippen molar-refractivity contribution in [3.63, 3.8) is 0 Å². The molecule has 4 aromatic rings. The van der Waals surface area contributed by atoms with Crippen LogP contribution in [0.25, 0.3) is 22.6 Å². The number of amides is 1. The van der Waals surface area contributed by atoms with Crippen LogP contribution in [0.4, 0.5) is 5.82 Å². The van der Waals surface area contributed by atoms with Crippen molar-refractivity contribution in [3.8, 4) is 11.5 Å². The molecule has 0 saturated carbocycles.